The number of benzene rings is 1. The average molecular weight is 415 g/mol. The smallest absolute Gasteiger partial charge is 0.326 e. The summed E-state index contributed by atoms with van der Waals surface area (Å²) in [6.45, 7) is 2.96. The van der Waals surface area contributed by atoms with Gasteiger partial charge in [0.2, 0.25) is 0 Å². The van der Waals surface area contributed by atoms with Gasteiger partial charge >= 0.3 is 5.97 Å². The van der Waals surface area contributed by atoms with Gasteiger partial charge in [-0.15, -0.1) is 11.3 Å². The number of nitrogens with one attached hydrogen (secondary N) is 2. The van der Waals surface area contributed by atoms with Crippen molar-refractivity contribution in [1.29, 1.82) is 0 Å². The van der Waals surface area contributed by atoms with Gasteiger partial charge < -0.3 is 15.4 Å². The molecule has 0 aliphatic rings. The molecular formula is C17H16Cl2N2O4S. The molecule has 2 rings (SSSR count). The number of halogens is 2. The van der Waals surface area contributed by atoms with Crippen molar-refractivity contribution in [2.45, 2.75) is 20.0 Å². The lowest BCUT2D eigenvalue weighted by Gasteiger charge is -2.14. The van der Waals surface area contributed by atoms with Crippen LogP contribution < -0.4 is 10.6 Å². The third-order valence-corrected chi connectivity index (χ3v) is 4.77. The van der Waals surface area contributed by atoms with E-state index in [9.17, 15) is 14.4 Å². The summed E-state index contributed by atoms with van der Waals surface area (Å²) in [7, 11) is 0. The highest BCUT2D eigenvalue weighted by Gasteiger charge is 2.19. The van der Waals surface area contributed by atoms with Crippen LogP contribution in [0.1, 0.15) is 21.5 Å². The third-order valence-electron chi connectivity index (χ3n) is 3.22. The van der Waals surface area contributed by atoms with Crippen LogP contribution in [-0.2, 0) is 14.3 Å². The highest BCUT2D eigenvalue weighted by Crippen LogP contribution is 2.25. The number of anilines is 1. The molecule has 6 nitrogen and oxygen atoms in total. The minimum absolute atomic E-state index is 0.267. The Morgan fingerprint density at radius 2 is 1.92 bits per heavy atom. The maximum Gasteiger partial charge on any atom is 0.326 e. The van der Waals surface area contributed by atoms with E-state index >= 15 is 0 Å². The maximum atomic E-state index is 12.1. The zero-order valence-corrected chi connectivity index (χ0v) is 16.3. The number of amides is 2. The second kappa shape index (κ2) is 9.02. The molecule has 0 saturated carbocycles. The molecule has 138 valence electrons. The number of carbonyl (C=O) groups excluding carboxylic acids is 3. The summed E-state index contributed by atoms with van der Waals surface area (Å²) in [5.41, 5.74) is 0.352. The molecule has 0 spiro atoms. The van der Waals surface area contributed by atoms with Crippen LogP contribution in [0.5, 0.6) is 0 Å². The summed E-state index contributed by atoms with van der Waals surface area (Å²) in [6.07, 6.45) is -1.06. The van der Waals surface area contributed by atoms with Gasteiger partial charge in [-0.05, 0) is 44.2 Å². The van der Waals surface area contributed by atoms with Gasteiger partial charge in [0.15, 0.2) is 6.10 Å². The highest BCUT2D eigenvalue weighted by molar-refractivity contribution is 7.13. The summed E-state index contributed by atoms with van der Waals surface area (Å²) in [5.74, 6) is -1.65. The predicted octanol–water partition coefficient (Wildman–Crippen LogP) is 3.66. The fourth-order valence-electron chi connectivity index (χ4n) is 1.91. The molecule has 0 fully saturated rings. The first kappa shape index (κ1) is 20.2. The van der Waals surface area contributed by atoms with Crippen molar-refractivity contribution < 1.29 is 19.1 Å². The molecule has 1 aromatic carbocycles. The van der Waals surface area contributed by atoms with Crippen LogP contribution in [0.3, 0.4) is 0 Å². The van der Waals surface area contributed by atoms with Crippen LogP contribution in [0.25, 0.3) is 0 Å². The van der Waals surface area contributed by atoms with E-state index in [0.29, 0.717) is 15.6 Å². The first-order chi connectivity index (χ1) is 12.3. The lowest BCUT2D eigenvalue weighted by Crippen LogP contribution is -2.35. The first-order valence-corrected chi connectivity index (χ1v) is 9.13. The second-order valence-electron chi connectivity index (χ2n) is 5.34. The van der Waals surface area contributed by atoms with E-state index in [1.165, 1.54) is 24.3 Å². The third kappa shape index (κ3) is 5.72. The number of carbonyl (C=O) groups is 3. The topological polar surface area (TPSA) is 84.5 Å². The summed E-state index contributed by atoms with van der Waals surface area (Å²) in [6, 6.07) is 8.08. The van der Waals surface area contributed by atoms with E-state index in [1.807, 2.05) is 13.0 Å². The average Bonchev–Trinajstić information content (AvgIpc) is 3.01. The maximum absolute atomic E-state index is 12.1. The Morgan fingerprint density at radius 3 is 2.54 bits per heavy atom. The molecule has 0 radical (unpaired) electrons. The molecule has 26 heavy (non-hydrogen) atoms. The lowest BCUT2D eigenvalue weighted by atomic mass is 10.3. The minimum atomic E-state index is -1.06. The van der Waals surface area contributed by atoms with Crippen molar-refractivity contribution in [2.75, 3.05) is 11.9 Å². The van der Waals surface area contributed by atoms with E-state index in [1.54, 1.807) is 18.2 Å². The number of ether oxygens (including phenoxy) is 1. The number of thiophene rings is 1. The predicted molar refractivity (Wildman–Crippen MR) is 102 cm³/mol. The molecular weight excluding hydrogens is 399 g/mol. The molecule has 0 bridgehead atoms. The number of hydrogen-bond donors (Lipinski definition) is 2. The van der Waals surface area contributed by atoms with Crippen molar-refractivity contribution in [3.8, 4) is 0 Å². The molecule has 0 saturated heterocycles. The van der Waals surface area contributed by atoms with Crippen molar-refractivity contribution in [1.82, 2.24) is 5.32 Å². The van der Waals surface area contributed by atoms with Gasteiger partial charge in [0.1, 0.15) is 6.54 Å². The summed E-state index contributed by atoms with van der Waals surface area (Å²) < 4.78 is 5.01. The molecule has 2 aromatic rings. The van der Waals surface area contributed by atoms with Crippen LogP contribution in [0.4, 0.5) is 5.69 Å². The van der Waals surface area contributed by atoms with Crippen LogP contribution in [0.2, 0.25) is 10.0 Å². The largest absolute Gasteiger partial charge is 0.451 e. The van der Waals surface area contributed by atoms with Crippen LogP contribution >= 0.6 is 34.5 Å². The van der Waals surface area contributed by atoms with E-state index in [0.717, 1.165) is 4.88 Å². The van der Waals surface area contributed by atoms with Crippen molar-refractivity contribution in [3.05, 3.63) is 50.1 Å². The van der Waals surface area contributed by atoms with E-state index in [4.69, 9.17) is 27.9 Å². The van der Waals surface area contributed by atoms with Gasteiger partial charge in [-0.2, -0.15) is 0 Å². The van der Waals surface area contributed by atoms with Gasteiger partial charge in [-0.25, -0.2) is 0 Å². The van der Waals surface area contributed by atoms with Gasteiger partial charge in [-0.1, -0.05) is 23.2 Å². The van der Waals surface area contributed by atoms with Gasteiger partial charge in [0, 0.05) is 9.90 Å². The van der Waals surface area contributed by atoms with E-state index < -0.39 is 18.0 Å². The van der Waals surface area contributed by atoms with Gasteiger partial charge in [0.05, 0.1) is 15.6 Å². The van der Waals surface area contributed by atoms with Gasteiger partial charge in [0.25, 0.3) is 11.8 Å². The van der Waals surface area contributed by atoms with E-state index in [2.05, 4.69) is 10.6 Å². The number of esters is 1. The summed E-state index contributed by atoms with van der Waals surface area (Å²) >= 11 is 13.1. The number of rotatable bonds is 6. The Balaban J connectivity index is 1.82. The Hall–Kier alpha value is -2.09. The SMILES string of the molecule is Cc1ccc(C(=O)NCC(=O)OC(C)C(=O)Nc2ccc(Cl)cc2Cl)s1. The normalized spacial score (nSPS) is 11.5. The fraction of sp³-hybridized carbons (Fsp3) is 0.235. The molecule has 2 amide bonds. The quantitative estimate of drug-likeness (QED) is 0.706. The molecule has 2 N–H and O–H groups in total. The lowest BCUT2D eigenvalue weighted by molar-refractivity contribution is -0.152. The Bertz CT molecular complexity index is 838. The standard InChI is InChI=1S/C17H16Cl2N2O4S/c1-9-3-6-14(26-9)17(24)20-8-15(22)25-10(2)16(23)21-13-5-4-11(18)7-12(13)19/h3-7,10H,8H2,1-2H3,(H,20,24)(H,21,23). The van der Waals surface area contributed by atoms with E-state index in [-0.39, 0.29) is 17.5 Å². The van der Waals surface area contributed by atoms with Crippen molar-refractivity contribution in [3.63, 3.8) is 0 Å². The number of aryl methyl sites for hydroxylation is 1. The highest BCUT2D eigenvalue weighted by atomic mass is 35.5. The first-order valence-electron chi connectivity index (χ1n) is 7.56. The molecule has 1 aromatic heterocycles. The van der Waals surface area contributed by atoms with Crippen LogP contribution in [0, 0.1) is 6.92 Å². The molecule has 0 aliphatic heterocycles. The summed E-state index contributed by atoms with van der Waals surface area (Å²) in [4.78, 5) is 37.3. The fourth-order valence-corrected chi connectivity index (χ4v) is 3.15. The van der Waals surface area contributed by atoms with Crippen molar-refractivity contribution >= 4 is 58.0 Å². The van der Waals surface area contributed by atoms with Crippen LogP contribution in [-0.4, -0.2) is 30.4 Å². The zero-order valence-electron chi connectivity index (χ0n) is 14.0. The molecule has 0 aliphatic carbocycles. The Kier molecular flexibility index (Phi) is 7.02. The summed E-state index contributed by atoms with van der Waals surface area (Å²) in [5, 5.41) is 5.70. The zero-order chi connectivity index (χ0) is 19.3. The second-order valence-corrected chi connectivity index (χ2v) is 7.47. The molecule has 1 unspecified atom stereocenters. The number of hydrogen-bond acceptors (Lipinski definition) is 5. The Labute approximate surface area is 164 Å². The van der Waals surface area contributed by atoms with Crippen molar-refractivity contribution in [2.24, 2.45) is 0 Å². The molecule has 1 atom stereocenters. The van der Waals surface area contributed by atoms with Gasteiger partial charge in [-0.3, -0.25) is 14.4 Å². The molecule has 1 heterocycles. The van der Waals surface area contributed by atoms with Crippen LogP contribution in [0.15, 0.2) is 30.3 Å². The Morgan fingerprint density at radius 1 is 1.19 bits per heavy atom. The monoisotopic (exact) mass is 414 g/mol. The molecule has 9 heteroatoms. The minimum Gasteiger partial charge on any atom is -0.451 e.